The monoisotopic (exact) mass is 228 g/mol. The summed E-state index contributed by atoms with van der Waals surface area (Å²) in [6.45, 7) is 0. The van der Waals surface area contributed by atoms with Gasteiger partial charge in [-0.25, -0.2) is 0 Å². The number of carbonyl (C=O) groups excluding carboxylic acids is 1. The summed E-state index contributed by atoms with van der Waals surface area (Å²) in [5.41, 5.74) is 0.371. The molecule has 4 heteroatoms. The molecule has 1 saturated carbocycles. The van der Waals surface area contributed by atoms with E-state index in [9.17, 15) is 18.0 Å². The molecule has 2 rings (SSSR count). The molecule has 0 heterocycles. The van der Waals surface area contributed by atoms with Crippen LogP contribution in [0.5, 0.6) is 0 Å². The van der Waals surface area contributed by atoms with Crippen molar-refractivity contribution in [2.24, 2.45) is 0 Å². The predicted molar refractivity (Wildman–Crippen MR) is 53.4 cm³/mol. The summed E-state index contributed by atoms with van der Waals surface area (Å²) in [6, 6.07) is 6.05. The van der Waals surface area contributed by atoms with Gasteiger partial charge in [-0.05, 0) is 24.3 Å². The molecule has 86 valence electrons. The molecule has 1 nitrogen and oxygen atoms in total. The van der Waals surface area contributed by atoms with E-state index in [0.29, 0.717) is 5.56 Å². The topological polar surface area (TPSA) is 17.1 Å². The van der Waals surface area contributed by atoms with Gasteiger partial charge in [-0.15, -0.1) is 0 Å². The standard InChI is InChI=1S/C12H11F3O/c13-12(14,15)11(16)10-7-2-1-6-9(10)8-4-3-5-8/h1-2,6-8H,3-5H2. The maximum atomic E-state index is 12.4. The van der Waals surface area contributed by atoms with E-state index < -0.39 is 12.0 Å². The summed E-state index contributed by atoms with van der Waals surface area (Å²) < 4.78 is 37.1. The molecule has 0 radical (unpaired) electrons. The average molecular weight is 228 g/mol. The molecule has 1 aromatic rings. The first kappa shape index (κ1) is 11.2. The number of rotatable bonds is 2. The number of hydrogen-bond donors (Lipinski definition) is 0. The van der Waals surface area contributed by atoms with Crippen molar-refractivity contribution >= 4 is 5.78 Å². The molecule has 1 aliphatic rings. The molecule has 0 saturated heterocycles. The van der Waals surface area contributed by atoms with Crippen LogP contribution in [0.15, 0.2) is 24.3 Å². The van der Waals surface area contributed by atoms with Gasteiger partial charge in [0.1, 0.15) is 0 Å². The lowest BCUT2D eigenvalue weighted by Crippen LogP contribution is -2.25. The summed E-state index contributed by atoms with van der Waals surface area (Å²) >= 11 is 0. The van der Waals surface area contributed by atoms with Gasteiger partial charge < -0.3 is 0 Å². The highest BCUT2D eigenvalue weighted by Crippen LogP contribution is 2.39. The van der Waals surface area contributed by atoms with E-state index in [1.807, 2.05) is 0 Å². The number of Topliss-reactive ketones (excluding diaryl/α,β-unsaturated/α-hetero) is 1. The molecule has 0 amide bonds. The highest BCUT2D eigenvalue weighted by atomic mass is 19.4. The van der Waals surface area contributed by atoms with E-state index in [-0.39, 0.29) is 11.5 Å². The van der Waals surface area contributed by atoms with Crippen LogP contribution in [-0.2, 0) is 0 Å². The van der Waals surface area contributed by atoms with Crippen LogP contribution >= 0.6 is 0 Å². The maximum absolute atomic E-state index is 12.4. The minimum atomic E-state index is -4.78. The van der Waals surface area contributed by atoms with Crippen LogP contribution in [0.4, 0.5) is 13.2 Å². The molecular formula is C12H11F3O. The Kier molecular flexibility index (Phi) is 2.74. The molecular weight excluding hydrogens is 217 g/mol. The van der Waals surface area contributed by atoms with Crippen LogP contribution in [0, 0.1) is 0 Å². The second kappa shape index (κ2) is 3.92. The van der Waals surface area contributed by atoms with E-state index >= 15 is 0 Å². The molecule has 1 aliphatic carbocycles. The second-order valence-electron chi connectivity index (χ2n) is 4.04. The zero-order valence-corrected chi connectivity index (χ0v) is 8.55. The smallest absolute Gasteiger partial charge is 0.284 e. The Morgan fingerprint density at radius 2 is 1.81 bits per heavy atom. The van der Waals surface area contributed by atoms with Gasteiger partial charge in [-0.2, -0.15) is 13.2 Å². The number of benzene rings is 1. The number of alkyl halides is 3. The first-order valence-electron chi connectivity index (χ1n) is 5.20. The van der Waals surface area contributed by atoms with Crippen LogP contribution in [0.25, 0.3) is 0 Å². The number of ketones is 1. The molecule has 16 heavy (non-hydrogen) atoms. The van der Waals surface area contributed by atoms with Crippen molar-refractivity contribution in [1.29, 1.82) is 0 Å². The third-order valence-electron chi connectivity index (χ3n) is 3.01. The Morgan fingerprint density at radius 3 is 2.31 bits per heavy atom. The summed E-state index contributed by atoms with van der Waals surface area (Å²) in [7, 11) is 0. The fourth-order valence-electron chi connectivity index (χ4n) is 1.93. The van der Waals surface area contributed by atoms with Crippen molar-refractivity contribution in [3.63, 3.8) is 0 Å². The predicted octanol–water partition coefficient (Wildman–Crippen LogP) is 3.70. The Morgan fingerprint density at radius 1 is 1.19 bits per heavy atom. The lowest BCUT2D eigenvalue weighted by molar-refractivity contribution is -0.0886. The lowest BCUT2D eigenvalue weighted by atomic mass is 9.77. The summed E-state index contributed by atoms with van der Waals surface area (Å²) in [4.78, 5) is 11.2. The van der Waals surface area contributed by atoms with Crippen molar-refractivity contribution in [1.82, 2.24) is 0 Å². The Balaban J connectivity index is 2.36. The van der Waals surface area contributed by atoms with E-state index in [0.717, 1.165) is 19.3 Å². The third kappa shape index (κ3) is 1.96. The van der Waals surface area contributed by atoms with Gasteiger partial charge in [-0.3, -0.25) is 4.79 Å². The Hall–Kier alpha value is -1.32. The van der Waals surface area contributed by atoms with E-state index in [1.165, 1.54) is 12.1 Å². The van der Waals surface area contributed by atoms with Crippen molar-refractivity contribution in [2.45, 2.75) is 31.4 Å². The fourth-order valence-corrected chi connectivity index (χ4v) is 1.93. The van der Waals surface area contributed by atoms with Gasteiger partial charge in [0.25, 0.3) is 5.78 Å². The SMILES string of the molecule is O=C(c1ccccc1C1CCC1)C(F)(F)F. The average Bonchev–Trinajstić information content (AvgIpc) is 2.13. The minimum Gasteiger partial charge on any atom is -0.284 e. The first-order chi connectivity index (χ1) is 7.50. The molecule has 0 N–H and O–H groups in total. The zero-order valence-electron chi connectivity index (χ0n) is 8.55. The van der Waals surface area contributed by atoms with Crippen LogP contribution in [0.2, 0.25) is 0 Å². The summed E-state index contributed by atoms with van der Waals surface area (Å²) in [5.74, 6) is -1.60. The van der Waals surface area contributed by atoms with E-state index in [2.05, 4.69) is 0 Å². The lowest BCUT2D eigenvalue weighted by Gasteiger charge is -2.27. The quantitative estimate of drug-likeness (QED) is 0.705. The minimum absolute atomic E-state index is 0.127. The highest BCUT2D eigenvalue weighted by molar-refractivity contribution is 6.01. The highest BCUT2D eigenvalue weighted by Gasteiger charge is 2.41. The second-order valence-corrected chi connectivity index (χ2v) is 4.04. The van der Waals surface area contributed by atoms with Gasteiger partial charge in [0.05, 0.1) is 0 Å². The Bertz CT molecular complexity index is 405. The third-order valence-corrected chi connectivity index (χ3v) is 3.01. The largest absolute Gasteiger partial charge is 0.454 e. The Labute approximate surface area is 91.3 Å². The molecule has 0 atom stereocenters. The summed E-state index contributed by atoms with van der Waals surface area (Å²) in [5, 5.41) is 0. The van der Waals surface area contributed by atoms with Crippen LogP contribution in [0.1, 0.15) is 41.1 Å². The molecule has 1 fully saturated rings. The maximum Gasteiger partial charge on any atom is 0.454 e. The molecule has 0 unspecified atom stereocenters. The van der Waals surface area contributed by atoms with Crippen LogP contribution in [0.3, 0.4) is 0 Å². The van der Waals surface area contributed by atoms with E-state index in [1.54, 1.807) is 12.1 Å². The number of halogens is 3. The van der Waals surface area contributed by atoms with Gasteiger partial charge in [-0.1, -0.05) is 30.7 Å². The molecule has 0 aromatic heterocycles. The first-order valence-corrected chi connectivity index (χ1v) is 5.20. The van der Waals surface area contributed by atoms with Gasteiger partial charge in [0.2, 0.25) is 0 Å². The molecule has 0 aliphatic heterocycles. The van der Waals surface area contributed by atoms with Gasteiger partial charge in [0, 0.05) is 5.56 Å². The van der Waals surface area contributed by atoms with Crippen LogP contribution < -0.4 is 0 Å². The number of hydrogen-bond acceptors (Lipinski definition) is 1. The fraction of sp³-hybridized carbons (Fsp3) is 0.417. The van der Waals surface area contributed by atoms with Gasteiger partial charge in [0.15, 0.2) is 0 Å². The summed E-state index contributed by atoms with van der Waals surface area (Å²) in [6.07, 6.45) is -2.00. The molecule has 0 bridgehead atoms. The normalized spacial score (nSPS) is 16.9. The zero-order chi connectivity index (χ0) is 11.8. The van der Waals surface area contributed by atoms with Crippen molar-refractivity contribution < 1.29 is 18.0 Å². The number of carbonyl (C=O) groups is 1. The molecule has 1 aromatic carbocycles. The van der Waals surface area contributed by atoms with Crippen molar-refractivity contribution in [3.05, 3.63) is 35.4 Å². The van der Waals surface area contributed by atoms with E-state index in [4.69, 9.17) is 0 Å². The van der Waals surface area contributed by atoms with Crippen LogP contribution in [-0.4, -0.2) is 12.0 Å². The van der Waals surface area contributed by atoms with Crippen molar-refractivity contribution in [2.75, 3.05) is 0 Å². The van der Waals surface area contributed by atoms with Crippen molar-refractivity contribution in [3.8, 4) is 0 Å². The van der Waals surface area contributed by atoms with Gasteiger partial charge >= 0.3 is 6.18 Å². The molecule has 0 spiro atoms.